The first-order valence-electron chi connectivity index (χ1n) is 4.58. The standard InChI is InChI=1S/C11H8Cl2N2O/c12-5-9-6-14-7-11(15-9)16-10-3-1-8(13)2-4-10/h1-4,6-7H,5H2. The fourth-order valence-electron chi connectivity index (χ4n) is 1.12. The molecule has 0 amide bonds. The van der Waals surface area contributed by atoms with E-state index < -0.39 is 0 Å². The zero-order chi connectivity index (χ0) is 11.4. The Kier molecular flexibility index (Phi) is 3.59. The predicted molar refractivity (Wildman–Crippen MR) is 63.1 cm³/mol. The zero-order valence-corrected chi connectivity index (χ0v) is 9.74. The molecule has 0 spiro atoms. The summed E-state index contributed by atoms with van der Waals surface area (Å²) in [5, 5.41) is 0.660. The van der Waals surface area contributed by atoms with Gasteiger partial charge in [0.05, 0.1) is 17.8 Å². The third-order valence-corrected chi connectivity index (χ3v) is 2.36. The Bertz CT molecular complexity index is 474. The number of hydrogen-bond donors (Lipinski definition) is 0. The average molecular weight is 255 g/mol. The molecule has 1 aromatic heterocycles. The van der Waals surface area contributed by atoms with Gasteiger partial charge in [0.25, 0.3) is 0 Å². The Hall–Kier alpha value is -1.32. The summed E-state index contributed by atoms with van der Waals surface area (Å²) in [6, 6.07) is 7.01. The van der Waals surface area contributed by atoms with E-state index >= 15 is 0 Å². The van der Waals surface area contributed by atoms with Gasteiger partial charge in [0, 0.05) is 11.2 Å². The lowest BCUT2D eigenvalue weighted by Gasteiger charge is -2.04. The highest BCUT2D eigenvalue weighted by Gasteiger charge is 2.00. The highest BCUT2D eigenvalue weighted by atomic mass is 35.5. The molecule has 0 N–H and O–H groups in total. The van der Waals surface area contributed by atoms with E-state index in [9.17, 15) is 0 Å². The molecule has 0 radical (unpaired) electrons. The number of rotatable bonds is 3. The van der Waals surface area contributed by atoms with Gasteiger partial charge >= 0.3 is 0 Å². The number of hydrogen-bond acceptors (Lipinski definition) is 3. The van der Waals surface area contributed by atoms with E-state index in [4.69, 9.17) is 27.9 Å². The van der Waals surface area contributed by atoms with Crippen LogP contribution in [0.25, 0.3) is 0 Å². The lowest BCUT2D eigenvalue weighted by molar-refractivity contribution is 0.458. The van der Waals surface area contributed by atoms with Gasteiger partial charge in [-0.15, -0.1) is 11.6 Å². The van der Waals surface area contributed by atoms with Crippen molar-refractivity contribution < 1.29 is 4.74 Å². The fourth-order valence-corrected chi connectivity index (χ4v) is 1.38. The van der Waals surface area contributed by atoms with Crippen LogP contribution in [0, 0.1) is 0 Å². The van der Waals surface area contributed by atoms with Crippen molar-refractivity contribution in [2.24, 2.45) is 0 Å². The van der Waals surface area contributed by atoms with Crippen molar-refractivity contribution in [2.75, 3.05) is 0 Å². The highest BCUT2D eigenvalue weighted by molar-refractivity contribution is 6.30. The van der Waals surface area contributed by atoms with Crippen molar-refractivity contribution in [3.05, 3.63) is 47.4 Å². The van der Waals surface area contributed by atoms with Crippen LogP contribution in [0.5, 0.6) is 11.6 Å². The molecule has 0 saturated heterocycles. The molecule has 1 heterocycles. The molecule has 2 rings (SSSR count). The molecular formula is C11H8Cl2N2O. The quantitative estimate of drug-likeness (QED) is 0.785. The molecule has 0 aliphatic carbocycles. The van der Waals surface area contributed by atoms with Crippen LogP contribution in [0.15, 0.2) is 36.7 Å². The molecular weight excluding hydrogens is 247 g/mol. The lowest BCUT2D eigenvalue weighted by atomic mass is 10.3. The van der Waals surface area contributed by atoms with E-state index in [2.05, 4.69) is 9.97 Å². The maximum Gasteiger partial charge on any atom is 0.238 e. The van der Waals surface area contributed by atoms with E-state index in [0.29, 0.717) is 28.2 Å². The molecule has 0 bridgehead atoms. The molecule has 0 atom stereocenters. The summed E-state index contributed by atoms with van der Waals surface area (Å²) in [5.74, 6) is 1.39. The molecule has 5 heteroatoms. The van der Waals surface area contributed by atoms with E-state index in [-0.39, 0.29) is 0 Å². The Balaban J connectivity index is 2.16. The SMILES string of the molecule is ClCc1cncc(Oc2ccc(Cl)cc2)n1. The van der Waals surface area contributed by atoms with Crippen molar-refractivity contribution in [3.63, 3.8) is 0 Å². The van der Waals surface area contributed by atoms with Gasteiger partial charge < -0.3 is 4.74 Å². The zero-order valence-electron chi connectivity index (χ0n) is 8.23. The smallest absolute Gasteiger partial charge is 0.238 e. The van der Waals surface area contributed by atoms with Gasteiger partial charge in [-0.05, 0) is 24.3 Å². The summed E-state index contributed by atoms with van der Waals surface area (Å²) in [7, 11) is 0. The molecule has 3 nitrogen and oxygen atoms in total. The summed E-state index contributed by atoms with van der Waals surface area (Å²) >= 11 is 11.4. The average Bonchev–Trinajstić information content (AvgIpc) is 2.32. The third-order valence-electron chi connectivity index (χ3n) is 1.84. The topological polar surface area (TPSA) is 35.0 Å². The first-order valence-corrected chi connectivity index (χ1v) is 5.49. The van der Waals surface area contributed by atoms with Crippen molar-refractivity contribution >= 4 is 23.2 Å². The summed E-state index contributed by atoms with van der Waals surface area (Å²) in [6.45, 7) is 0. The summed E-state index contributed by atoms with van der Waals surface area (Å²) in [5.41, 5.74) is 0.674. The highest BCUT2D eigenvalue weighted by Crippen LogP contribution is 2.21. The molecule has 0 unspecified atom stereocenters. The monoisotopic (exact) mass is 254 g/mol. The van der Waals surface area contributed by atoms with Crippen LogP contribution in [0.3, 0.4) is 0 Å². The number of nitrogens with zero attached hydrogens (tertiary/aromatic N) is 2. The van der Waals surface area contributed by atoms with Gasteiger partial charge in [0.1, 0.15) is 5.75 Å². The molecule has 0 saturated carbocycles. The number of halogens is 2. The van der Waals surface area contributed by atoms with Gasteiger partial charge in [-0.1, -0.05) is 11.6 Å². The number of ether oxygens (including phenoxy) is 1. The van der Waals surface area contributed by atoms with Crippen LogP contribution in [-0.2, 0) is 5.88 Å². The van der Waals surface area contributed by atoms with Gasteiger partial charge in [-0.3, -0.25) is 4.98 Å². The van der Waals surface area contributed by atoms with Crippen LogP contribution in [0.4, 0.5) is 0 Å². The van der Waals surface area contributed by atoms with Crippen molar-refractivity contribution in [1.82, 2.24) is 9.97 Å². The molecule has 0 aliphatic heterocycles. The molecule has 0 aliphatic rings. The second-order valence-corrected chi connectivity index (χ2v) is 3.74. The second-order valence-electron chi connectivity index (χ2n) is 3.04. The summed E-state index contributed by atoms with van der Waals surface area (Å²) in [4.78, 5) is 8.13. The lowest BCUT2D eigenvalue weighted by Crippen LogP contribution is -1.92. The van der Waals surface area contributed by atoms with Crippen LogP contribution in [-0.4, -0.2) is 9.97 Å². The van der Waals surface area contributed by atoms with E-state index in [1.165, 1.54) is 6.20 Å². The Morgan fingerprint density at radius 1 is 1.12 bits per heavy atom. The van der Waals surface area contributed by atoms with E-state index in [1.807, 2.05) is 0 Å². The van der Waals surface area contributed by atoms with Gasteiger partial charge in [0.2, 0.25) is 5.88 Å². The Labute approximate surface area is 103 Å². The summed E-state index contributed by atoms with van der Waals surface area (Å²) < 4.78 is 5.48. The van der Waals surface area contributed by atoms with Crippen LogP contribution in [0.1, 0.15) is 5.69 Å². The van der Waals surface area contributed by atoms with Crippen LogP contribution < -0.4 is 4.74 Å². The van der Waals surface area contributed by atoms with Gasteiger partial charge in [0.15, 0.2) is 0 Å². The van der Waals surface area contributed by atoms with Gasteiger partial charge in [-0.2, -0.15) is 0 Å². The second kappa shape index (κ2) is 5.14. The first-order chi connectivity index (χ1) is 7.78. The number of aromatic nitrogens is 2. The summed E-state index contributed by atoms with van der Waals surface area (Å²) in [6.07, 6.45) is 3.13. The molecule has 82 valence electrons. The van der Waals surface area contributed by atoms with Crippen LogP contribution >= 0.6 is 23.2 Å². The predicted octanol–water partition coefficient (Wildman–Crippen LogP) is 3.66. The van der Waals surface area contributed by atoms with E-state index in [1.54, 1.807) is 30.5 Å². The normalized spacial score (nSPS) is 10.1. The van der Waals surface area contributed by atoms with E-state index in [0.717, 1.165) is 0 Å². The maximum atomic E-state index is 5.76. The van der Waals surface area contributed by atoms with Gasteiger partial charge in [-0.25, -0.2) is 4.98 Å². The Morgan fingerprint density at radius 3 is 2.56 bits per heavy atom. The molecule has 1 aromatic carbocycles. The molecule has 0 fully saturated rings. The van der Waals surface area contributed by atoms with Crippen molar-refractivity contribution in [1.29, 1.82) is 0 Å². The third kappa shape index (κ3) is 2.84. The van der Waals surface area contributed by atoms with Crippen molar-refractivity contribution in [2.45, 2.75) is 5.88 Å². The maximum absolute atomic E-state index is 5.76. The van der Waals surface area contributed by atoms with Crippen LogP contribution in [0.2, 0.25) is 5.02 Å². The number of alkyl halides is 1. The minimum Gasteiger partial charge on any atom is -0.437 e. The largest absolute Gasteiger partial charge is 0.437 e. The number of benzene rings is 1. The molecule has 16 heavy (non-hydrogen) atoms. The first kappa shape index (κ1) is 11.2. The molecule has 2 aromatic rings. The van der Waals surface area contributed by atoms with Crippen molar-refractivity contribution in [3.8, 4) is 11.6 Å². The minimum absolute atomic E-state index is 0.310. The Morgan fingerprint density at radius 2 is 1.88 bits per heavy atom. The minimum atomic E-state index is 0.310. The fraction of sp³-hybridized carbons (Fsp3) is 0.0909.